The molecule has 0 aromatic carbocycles. The van der Waals surface area contributed by atoms with E-state index in [1.165, 1.54) is 25.7 Å². The molecule has 0 aliphatic heterocycles. The maximum atomic E-state index is 5.46. The molecule has 1 unspecified atom stereocenters. The molecule has 1 aliphatic carbocycles. The Morgan fingerprint density at radius 3 is 2.78 bits per heavy atom. The van der Waals surface area contributed by atoms with Gasteiger partial charge in [0.2, 0.25) is 11.7 Å². The lowest BCUT2D eigenvalue weighted by molar-refractivity contribution is -0.0106. The normalized spacial score (nSPS) is 20.2. The molecule has 1 aromatic rings. The van der Waals surface area contributed by atoms with Crippen molar-refractivity contribution < 1.29 is 9.26 Å². The highest BCUT2D eigenvalue weighted by Gasteiger charge is 2.30. The van der Waals surface area contributed by atoms with E-state index in [0.29, 0.717) is 24.3 Å². The van der Waals surface area contributed by atoms with Crippen LogP contribution in [0.15, 0.2) is 4.52 Å². The quantitative estimate of drug-likeness (QED) is 0.843. The van der Waals surface area contributed by atoms with E-state index >= 15 is 0 Å². The number of nitrogens with one attached hydrogen (secondary N) is 1. The molecule has 0 radical (unpaired) electrons. The van der Waals surface area contributed by atoms with Crippen LogP contribution in [0, 0.1) is 0 Å². The van der Waals surface area contributed by atoms with Crippen molar-refractivity contribution in [2.24, 2.45) is 0 Å². The molecular formula is C13H23N3O2. The monoisotopic (exact) mass is 253 g/mol. The summed E-state index contributed by atoms with van der Waals surface area (Å²) in [4.78, 5) is 4.42. The van der Waals surface area contributed by atoms with Crippen molar-refractivity contribution in [1.29, 1.82) is 0 Å². The van der Waals surface area contributed by atoms with Crippen molar-refractivity contribution >= 4 is 0 Å². The molecule has 1 atom stereocenters. The van der Waals surface area contributed by atoms with Crippen molar-refractivity contribution in [3.8, 4) is 0 Å². The minimum absolute atomic E-state index is 0.449. The fourth-order valence-corrected chi connectivity index (χ4v) is 2.30. The molecule has 1 fully saturated rings. The van der Waals surface area contributed by atoms with Gasteiger partial charge in [-0.15, -0.1) is 0 Å². The van der Waals surface area contributed by atoms with Gasteiger partial charge in [0.25, 0.3) is 0 Å². The van der Waals surface area contributed by atoms with Gasteiger partial charge in [-0.05, 0) is 26.2 Å². The number of hydrogen-bond donors (Lipinski definition) is 1. The van der Waals surface area contributed by atoms with Gasteiger partial charge in [0.15, 0.2) is 0 Å². The third-order valence-electron chi connectivity index (χ3n) is 3.96. The molecule has 102 valence electrons. The fourth-order valence-electron chi connectivity index (χ4n) is 2.30. The van der Waals surface area contributed by atoms with E-state index in [2.05, 4.69) is 22.4 Å². The van der Waals surface area contributed by atoms with Gasteiger partial charge < -0.3 is 14.6 Å². The summed E-state index contributed by atoms with van der Waals surface area (Å²) in [5.74, 6) is 1.28. The Morgan fingerprint density at radius 2 is 2.17 bits per heavy atom. The summed E-state index contributed by atoms with van der Waals surface area (Å²) < 4.78 is 10.7. The van der Waals surface area contributed by atoms with Crippen LogP contribution in [-0.4, -0.2) is 23.3 Å². The second kappa shape index (κ2) is 5.80. The molecule has 0 bridgehead atoms. The second-order valence-electron chi connectivity index (χ2n) is 5.16. The summed E-state index contributed by atoms with van der Waals surface area (Å²) in [6.45, 7) is 4.68. The fraction of sp³-hybridized carbons (Fsp3) is 0.846. The van der Waals surface area contributed by atoms with Gasteiger partial charge >= 0.3 is 0 Å². The molecule has 5 nitrogen and oxygen atoms in total. The number of methoxy groups -OCH3 is 1. The smallest absolute Gasteiger partial charge is 0.240 e. The highest BCUT2D eigenvalue weighted by molar-refractivity contribution is 4.99. The minimum atomic E-state index is -0.449. The lowest BCUT2D eigenvalue weighted by Crippen LogP contribution is -2.26. The summed E-state index contributed by atoms with van der Waals surface area (Å²) in [6, 6.07) is 0.611. The molecule has 2 rings (SSSR count). The molecule has 1 aromatic heterocycles. The lowest BCUT2D eigenvalue weighted by atomic mass is 10.0. The average Bonchev–Trinajstić information content (AvgIpc) is 3.06. The zero-order valence-corrected chi connectivity index (χ0v) is 11.5. The molecule has 0 amide bonds. The first-order valence-electron chi connectivity index (χ1n) is 6.79. The average molecular weight is 253 g/mol. The molecule has 5 heteroatoms. The lowest BCUT2D eigenvalue weighted by Gasteiger charge is -2.21. The van der Waals surface area contributed by atoms with Gasteiger partial charge in [-0.3, -0.25) is 0 Å². The number of aromatic nitrogens is 2. The van der Waals surface area contributed by atoms with Gasteiger partial charge in [-0.25, -0.2) is 0 Å². The molecule has 18 heavy (non-hydrogen) atoms. The number of ether oxygens (including phenoxy) is 1. The summed E-state index contributed by atoms with van der Waals surface area (Å²) in [5, 5.41) is 7.49. The molecule has 1 heterocycles. The van der Waals surface area contributed by atoms with Gasteiger partial charge in [0, 0.05) is 13.2 Å². The van der Waals surface area contributed by atoms with Crippen molar-refractivity contribution in [2.45, 2.75) is 64.1 Å². The zero-order valence-electron chi connectivity index (χ0n) is 11.5. The second-order valence-corrected chi connectivity index (χ2v) is 5.16. The zero-order chi connectivity index (χ0) is 13.0. The first-order valence-corrected chi connectivity index (χ1v) is 6.79. The summed E-state index contributed by atoms with van der Waals surface area (Å²) in [6.07, 6.45) is 5.98. The Bertz CT molecular complexity index is 368. The number of rotatable bonds is 6. The van der Waals surface area contributed by atoms with Crippen LogP contribution >= 0.6 is 0 Å². The highest BCUT2D eigenvalue weighted by atomic mass is 16.5. The van der Waals surface area contributed by atoms with Crippen LogP contribution in [0.25, 0.3) is 0 Å². The van der Waals surface area contributed by atoms with E-state index in [9.17, 15) is 0 Å². The van der Waals surface area contributed by atoms with Gasteiger partial charge in [-0.2, -0.15) is 4.98 Å². The maximum Gasteiger partial charge on any atom is 0.240 e. The first kappa shape index (κ1) is 13.5. The first-order chi connectivity index (χ1) is 8.68. The number of hydrogen-bond acceptors (Lipinski definition) is 5. The van der Waals surface area contributed by atoms with Crippen molar-refractivity contribution in [3.63, 3.8) is 0 Å². The van der Waals surface area contributed by atoms with Crippen LogP contribution in [0.1, 0.15) is 57.7 Å². The van der Waals surface area contributed by atoms with E-state index in [-0.39, 0.29) is 0 Å². The van der Waals surface area contributed by atoms with Crippen LogP contribution in [0.3, 0.4) is 0 Å². The molecule has 1 saturated carbocycles. The predicted molar refractivity (Wildman–Crippen MR) is 68.0 cm³/mol. The van der Waals surface area contributed by atoms with E-state index in [4.69, 9.17) is 9.26 Å². The van der Waals surface area contributed by atoms with E-state index in [1.807, 2.05) is 6.92 Å². The van der Waals surface area contributed by atoms with Crippen LogP contribution < -0.4 is 5.32 Å². The molecule has 1 aliphatic rings. The highest BCUT2D eigenvalue weighted by Crippen LogP contribution is 2.25. The Labute approximate surface area is 108 Å². The van der Waals surface area contributed by atoms with E-state index in [1.54, 1.807) is 7.11 Å². The van der Waals surface area contributed by atoms with E-state index in [0.717, 1.165) is 6.42 Å². The topological polar surface area (TPSA) is 60.2 Å². The van der Waals surface area contributed by atoms with Gasteiger partial charge in [-0.1, -0.05) is 24.9 Å². The minimum Gasteiger partial charge on any atom is -0.370 e. The Balaban J connectivity index is 1.93. The summed E-state index contributed by atoms with van der Waals surface area (Å²) in [7, 11) is 1.68. The number of nitrogens with zero attached hydrogens (tertiary/aromatic N) is 2. The Hall–Kier alpha value is -0.940. The Morgan fingerprint density at radius 1 is 1.44 bits per heavy atom. The largest absolute Gasteiger partial charge is 0.370 e. The van der Waals surface area contributed by atoms with E-state index < -0.39 is 5.60 Å². The van der Waals surface area contributed by atoms with Crippen LogP contribution in [0.5, 0.6) is 0 Å². The summed E-state index contributed by atoms with van der Waals surface area (Å²) >= 11 is 0. The molecular weight excluding hydrogens is 230 g/mol. The third kappa shape index (κ3) is 2.90. The van der Waals surface area contributed by atoms with Crippen LogP contribution in [0.4, 0.5) is 0 Å². The van der Waals surface area contributed by atoms with Crippen molar-refractivity contribution in [1.82, 2.24) is 15.5 Å². The maximum absolute atomic E-state index is 5.46. The van der Waals surface area contributed by atoms with Crippen molar-refractivity contribution in [3.05, 3.63) is 11.7 Å². The van der Waals surface area contributed by atoms with Crippen LogP contribution in [0.2, 0.25) is 0 Å². The molecule has 1 N–H and O–H groups in total. The molecule has 0 saturated heterocycles. The van der Waals surface area contributed by atoms with Crippen molar-refractivity contribution in [2.75, 3.05) is 7.11 Å². The van der Waals surface area contributed by atoms with Crippen LogP contribution in [-0.2, 0) is 16.9 Å². The predicted octanol–water partition coefficient (Wildman–Crippen LogP) is 2.37. The SMILES string of the molecule is CCC(C)(OC)c1noc(CNC2CCCC2)n1. The standard InChI is InChI=1S/C13H23N3O2/c1-4-13(2,17-3)12-15-11(18-16-12)9-14-10-7-5-6-8-10/h10,14H,4-9H2,1-3H3. The van der Waals surface area contributed by atoms with Gasteiger partial charge in [0.1, 0.15) is 5.60 Å². The molecule has 0 spiro atoms. The van der Waals surface area contributed by atoms with Gasteiger partial charge in [0.05, 0.1) is 6.54 Å². The third-order valence-corrected chi connectivity index (χ3v) is 3.96. The Kier molecular flexibility index (Phi) is 4.35. The summed E-state index contributed by atoms with van der Waals surface area (Å²) in [5.41, 5.74) is -0.449.